The zero-order chi connectivity index (χ0) is 13.5. The van der Waals surface area contributed by atoms with Crippen LogP contribution in [0.4, 0.5) is 0 Å². The van der Waals surface area contributed by atoms with Crippen molar-refractivity contribution in [1.29, 1.82) is 0 Å². The lowest BCUT2D eigenvalue weighted by atomic mass is 10.00. The van der Waals surface area contributed by atoms with E-state index in [-0.39, 0.29) is 5.91 Å². The molecule has 0 saturated carbocycles. The highest BCUT2D eigenvalue weighted by Gasteiger charge is 2.03. The number of carbonyl (C=O) groups excluding carboxylic acids is 1. The Hall–Kier alpha value is -1.35. The molecular formula is C15H24N2O. The van der Waals surface area contributed by atoms with Gasteiger partial charge >= 0.3 is 0 Å². The standard InChI is InChI=1S/C15H24N2O/c1-12-9-10-13(2)14(11-12)7-5-6-8-15(18)16-17(3)4/h9-11H,5-8H2,1-4H3,(H,16,18). The summed E-state index contributed by atoms with van der Waals surface area (Å²) in [5, 5.41) is 1.69. The first-order chi connectivity index (χ1) is 8.49. The molecule has 1 aromatic rings. The number of hydrogen-bond acceptors (Lipinski definition) is 2. The van der Waals surface area contributed by atoms with E-state index in [9.17, 15) is 4.79 Å². The van der Waals surface area contributed by atoms with Gasteiger partial charge in [0.2, 0.25) is 5.91 Å². The van der Waals surface area contributed by atoms with Crippen molar-refractivity contribution in [1.82, 2.24) is 10.4 Å². The summed E-state index contributed by atoms with van der Waals surface area (Å²) >= 11 is 0. The number of rotatable bonds is 6. The fourth-order valence-electron chi connectivity index (χ4n) is 1.98. The number of aryl methyl sites for hydroxylation is 3. The molecule has 0 aliphatic rings. The number of nitrogens with zero attached hydrogens (tertiary/aromatic N) is 1. The number of unbranched alkanes of at least 4 members (excludes halogenated alkanes) is 1. The molecule has 1 N–H and O–H groups in total. The Kier molecular flexibility index (Phi) is 5.86. The van der Waals surface area contributed by atoms with Gasteiger partial charge in [0.05, 0.1) is 0 Å². The Morgan fingerprint density at radius 2 is 1.94 bits per heavy atom. The van der Waals surface area contributed by atoms with Crippen molar-refractivity contribution in [2.45, 2.75) is 39.5 Å². The van der Waals surface area contributed by atoms with E-state index >= 15 is 0 Å². The third kappa shape index (κ3) is 5.32. The number of hydrogen-bond donors (Lipinski definition) is 1. The van der Waals surface area contributed by atoms with Crippen molar-refractivity contribution in [3.8, 4) is 0 Å². The molecule has 1 rings (SSSR count). The maximum absolute atomic E-state index is 11.4. The van der Waals surface area contributed by atoms with Gasteiger partial charge in [0.15, 0.2) is 0 Å². The molecule has 0 aliphatic carbocycles. The lowest BCUT2D eigenvalue weighted by Crippen LogP contribution is -2.35. The van der Waals surface area contributed by atoms with E-state index in [1.807, 2.05) is 14.1 Å². The average molecular weight is 248 g/mol. The van der Waals surface area contributed by atoms with Gasteiger partial charge < -0.3 is 0 Å². The van der Waals surface area contributed by atoms with Crippen molar-refractivity contribution < 1.29 is 4.79 Å². The number of nitrogens with one attached hydrogen (secondary N) is 1. The number of amides is 1. The second kappa shape index (κ2) is 7.17. The maximum Gasteiger partial charge on any atom is 0.234 e. The van der Waals surface area contributed by atoms with Gasteiger partial charge in [0.25, 0.3) is 0 Å². The molecular weight excluding hydrogens is 224 g/mol. The number of carbonyl (C=O) groups is 1. The molecule has 18 heavy (non-hydrogen) atoms. The van der Waals surface area contributed by atoms with Crippen LogP contribution in [-0.2, 0) is 11.2 Å². The fraction of sp³-hybridized carbons (Fsp3) is 0.533. The van der Waals surface area contributed by atoms with Crippen LogP contribution in [0.1, 0.15) is 36.0 Å². The van der Waals surface area contributed by atoms with Crippen LogP contribution in [0.3, 0.4) is 0 Å². The Morgan fingerprint density at radius 3 is 2.61 bits per heavy atom. The zero-order valence-electron chi connectivity index (χ0n) is 11.9. The van der Waals surface area contributed by atoms with Crippen LogP contribution in [0.2, 0.25) is 0 Å². The Balaban J connectivity index is 2.29. The van der Waals surface area contributed by atoms with Crippen LogP contribution in [0.5, 0.6) is 0 Å². The van der Waals surface area contributed by atoms with E-state index in [0.717, 1.165) is 19.3 Å². The molecule has 0 radical (unpaired) electrons. The third-order valence-electron chi connectivity index (χ3n) is 2.95. The van der Waals surface area contributed by atoms with Crippen molar-refractivity contribution in [3.63, 3.8) is 0 Å². The van der Waals surface area contributed by atoms with Crippen LogP contribution in [0, 0.1) is 13.8 Å². The van der Waals surface area contributed by atoms with E-state index in [2.05, 4.69) is 37.5 Å². The van der Waals surface area contributed by atoms with Crippen molar-refractivity contribution >= 4 is 5.91 Å². The summed E-state index contributed by atoms with van der Waals surface area (Å²) in [6, 6.07) is 6.56. The van der Waals surface area contributed by atoms with Gasteiger partial charge in [-0.3, -0.25) is 10.2 Å². The van der Waals surface area contributed by atoms with Crippen molar-refractivity contribution in [3.05, 3.63) is 34.9 Å². The molecule has 0 aliphatic heterocycles. The number of hydrazine groups is 1. The van der Waals surface area contributed by atoms with Crippen LogP contribution in [0.15, 0.2) is 18.2 Å². The minimum absolute atomic E-state index is 0.0981. The van der Waals surface area contributed by atoms with E-state index in [4.69, 9.17) is 0 Å². The first-order valence-corrected chi connectivity index (χ1v) is 6.52. The average Bonchev–Trinajstić information content (AvgIpc) is 2.28. The molecule has 100 valence electrons. The third-order valence-corrected chi connectivity index (χ3v) is 2.95. The fourth-order valence-corrected chi connectivity index (χ4v) is 1.98. The summed E-state index contributed by atoms with van der Waals surface area (Å²) in [7, 11) is 3.65. The van der Waals surface area contributed by atoms with E-state index in [1.54, 1.807) is 5.01 Å². The van der Waals surface area contributed by atoms with E-state index in [1.165, 1.54) is 16.7 Å². The molecule has 0 heterocycles. The molecule has 0 unspecified atom stereocenters. The predicted octanol–water partition coefficient (Wildman–Crippen LogP) is 2.61. The second-order valence-corrected chi connectivity index (χ2v) is 5.07. The Morgan fingerprint density at radius 1 is 1.22 bits per heavy atom. The summed E-state index contributed by atoms with van der Waals surface area (Å²) in [6.07, 6.45) is 3.66. The monoisotopic (exact) mass is 248 g/mol. The van der Waals surface area contributed by atoms with Crippen LogP contribution >= 0.6 is 0 Å². The van der Waals surface area contributed by atoms with Crippen LogP contribution < -0.4 is 5.43 Å². The molecule has 0 bridgehead atoms. The Bertz CT molecular complexity index is 399. The molecule has 0 aromatic heterocycles. The van der Waals surface area contributed by atoms with E-state index < -0.39 is 0 Å². The molecule has 0 fully saturated rings. The van der Waals surface area contributed by atoms with Gasteiger partial charge in [-0.05, 0) is 44.2 Å². The highest BCUT2D eigenvalue weighted by atomic mass is 16.2. The summed E-state index contributed by atoms with van der Waals surface area (Å²) < 4.78 is 0. The normalized spacial score (nSPS) is 10.7. The predicted molar refractivity (Wildman–Crippen MR) is 75.3 cm³/mol. The molecule has 0 saturated heterocycles. The SMILES string of the molecule is Cc1ccc(C)c(CCCCC(=O)NN(C)C)c1. The van der Waals surface area contributed by atoms with Crippen LogP contribution in [0.25, 0.3) is 0 Å². The summed E-state index contributed by atoms with van der Waals surface area (Å²) in [5.74, 6) is 0.0981. The minimum atomic E-state index is 0.0981. The van der Waals surface area contributed by atoms with Crippen molar-refractivity contribution in [2.24, 2.45) is 0 Å². The summed E-state index contributed by atoms with van der Waals surface area (Å²) in [6.45, 7) is 4.26. The molecule has 0 spiro atoms. The summed E-state index contributed by atoms with van der Waals surface area (Å²) in [4.78, 5) is 11.4. The molecule has 1 aromatic carbocycles. The van der Waals surface area contributed by atoms with Gasteiger partial charge in [-0.25, -0.2) is 5.01 Å². The molecule has 0 atom stereocenters. The maximum atomic E-state index is 11.4. The van der Waals surface area contributed by atoms with Gasteiger partial charge in [-0.2, -0.15) is 0 Å². The lowest BCUT2D eigenvalue weighted by Gasteiger charge is -2.11. The van der Waals surface area contributed by atoms with Gasteiger partial charge in [0, 0.05) is 20.5 Å². The lowest BCUT2D eigenvalue weighted by molar-refractivity contribution is -0.124. The van der Waals surface area contributed by atoms with E-state index in [0.29, 0.717) is 6.42 Å². The first kappa shape index (κ1) is 14.7. The molecule has 3 nitrogen and oxygen atoms in total. The first-order valence-electron chi connectivity index (χ1n) is 6.52. The van der Waals surface area contributed by atoms with Gasteiger partial charge in [0.1, 0.15) is 0 Å². The Labute approximate surface area is 110 Å². The van der Waals surface area contributed by atoms with Gasteiger partial charge in [-0.15, -0.1) is 0 Å². The quantitative estimate of drug-likeness (QED) is 0.620. The van der Waals surface area contributed by atoms with Crippen LogP contribution in [-0.4, -0.2) is 25.0 Å². The molecule has 3 heteroatoms. The minimum Gasteiger partial charge on any atom is -0.289 e. The largest absolute Gasteiger partial charge is 0.289 e. The topological polar surface area (TPSA) is 32.3 Å². The smallest absolute Gasteiger partial charge is 0.234 e. The highest BCUT2D eigenvalue weighted by molar-refractivity contribution is 5.75. The van der Waals surface area contributed by atoms with Crippen molar-refractivity contribution in [2.75, 3.05) is 14.1 Å². The summed E-state index contributed by atoms with van der Waals surface area (Å²) in [5.41, 5.74) is 6.81. The highest BCUT2D eigenvalue weighted by Crippen LogP contribution is 2.14. The van der Waals surface area contributed by atoms with Gasteiger partial charge in [-0.1, -0.05) is 23.8 Å². The number of benzene rings is 1. The molecule has 1 amide bonds. The second-order valence-electron chi connectivity index (χ2n) is 5.07. The zero-order valence-corrected chi connectivity index (χ0v) is 11.9.